The van der Waals surface area contributed by atoms with E-state index in [1.807, 2.05) is 12.1 Å². The third-order valence-corrected chi connectivity index (χ3v) is 3.04. The van der Waals surface area contributed by atoms with Crippen molar-refractivity contribution in [2.45, 2.75) is 17.2 Å². The minimum Gasteiger partial charge on any atom is -0.481 e. The number of hydrogen-bond acceptors (Lipinski definition) is 4. The predicted octanol–water partition coefficient (Wildman–Crippen LogP) is 2.00. The fraction of sp³-hybridized carbons (Fsp3) is 0.444. The second-order valence-electron chi connectivity index (χ2n) is 3.02. The number of rotatable bonds is 1. The number of hydrogen-bond donors (Lipinski definition) is 1. The smallest absolute Gasteiger partial charge is 0.214 e. The first-order valence-corrected chi connectivity index (χ1v) is 5.13. The highest BCUT2D eigenvalue weighted by molar-refractivity contribution is 8.00. The molecular formula is C9H12N2OS. The summed E-state index contributed by atoms with van der Waals surface area (Å²) in [4.78, 5) is 4.36. The van der Waals surface area contributed by atoms with Crippen LogP contribution in [0.25, 0.3) is 0 Å². The van der Waals surface area contributed by atoms with E-state index < -0.39 is 0 Å². The maximum Gasteiger partial charge on any atom is 0.214 e. The molecule has 0 radical (unpaired) electrons. The number of pyridine rings is 1. The second kappa shape index (κ2) is 3.46. The summed E-state index contributed by atoms with van der Waals surface area (Å²) in [7, 11) is 1.64. The van der Waals surface area contributed by atoms with E-state index in [1.54, 1.807) is 18.9 Å². The fourth-order valence-corrected chi connectivity index (χ4v) is 2.21. The van der Waals surface area contributed by atoms with Crippen LogP contribution in [0.3, 0.4) is 0 Å². The summed E-state index contributed by atoms with van der Waals surface area (Å²) < 4.78 is 5.06. The molecule has 70 valence electrons. The van der Waals surface area contributed by atoms with Crippen molar-refractivity contribution in [3.8, 4) is 5.88 Å². The number of anilines is 1. The first-order valence-electron chi connectivity index (χ1n) is 4.25. The molecule has 1 atom stereocenters. The zero-order valence-corrected chi connectivity index (χ0v) is 8.52. The Morgan fingerprint density at radius 3 is 3.23 bits per heavy atom. The molecule has 0 saturated carbocycles. The topological polar surface area (TPSA) is 34.1 Å². The zero-order valence-electron chi connectivity index (χ0n) is 7.70. The lowest BCUT2D eigenvalue weighted by molar-refractivity contribution is 0.394. The molecule has 2 heterocycles. The van der Waals surface area contributed by atoms with E-state index in [2.05, 4.69) is 17.2 Å². The van der Waals surface area contributed by atoms with Crippen molar-refractivity contribution in [2.75, 3.05) is 19.0 Å². The normalized spacial score (nSPS) is 20.3. The fourth-order valence-electron chi connectivity index (χ4n) is 1.25. The molecule has 0 saturated heterocycles. The maximum absolute atomic E-state index is 5.06. The largest absolute Gasteiger partial charge is 0.481 e. The number of fused-ring (bicyclic) bond motifs is 1. The summed E-state index contributed by atoms with van der Waals surface area (Å²) in [5, 5.41) is 4.94. The van der Waals surface area contributed by atoms with Crippen molar-refractivity contribution in [3.63, 3.8) is 0 Å². The van der Waals surface area contributed by atoms with Gasteiger partial charge in [0, 0.05) is 17.9 Å². The van der Waals surface area contributed by atoms with Crippen LogP contribution in [0.2, 0.25) is 0 Å². The Bertz CT molecular complexity index is 316. The van der Waals surface area contributed by atoms with E-state index in [1.165, 1.54) is 0 Å². The van der Waals surface area contributed by atoms with Gasteiger partial charge in [-0.3, -0.25) is 0 Å². The van der Waals surface area contributed by atoms with Crippen molar-refractivity contribution in [1.29, 1.82) is 0 Å². The van der Waals surface area contributed by atoms with E-state index in [9.17, 15) is 0 Å². The first-order chi connectivity index (χ1) is 6.29. The van der Waals surface area contributed by atoms with Gasteiger partial charge < -0.3 is 10.1 Å². The van der Waals surface area contributed by atoms with Gasteiger partial charge in [0.25, 0.3) is 0 Å². The molecule has 0 fully saturated rings. The number of thioether (sulfide) groups is 1. The Morgan fingerprint density at radius 1 is 1.62 bits per heavy atom. The molecule has 3 nitrogen and oxygen atoms in total. The number of ether oxygens (including phenoxy) is 1. The van der Waals surface area contributed by atoms with Gasteiger partial charge in [0.15, 0.2) is 0 Å². The molecule has 1 aromatic rings. The summed E-state index contributed by atoms with van der Waals surface area (Å²) in [5.41, 5.74) is 1.11. The van der Waals surface area contributed by atoms with Crippen LogP contribution in [-0.2, 0) is 0 Å². The highest BCUT2D eigenvalue weighted by Crippen LogP contribution is 2.34. The predicted molar refractivity (Wildman–Crippen MR) is 54.6 cm³/mol. The monoisotopic (exact) mass is 196 g/mol. The minimum atomic E-state index is 0.576. The van der Waals surface area contributed by atoms with Crippen molar-refractivity contribution in [3.05, 3.63) is 12.1 Å². The van der Waals surface area contributed by atoms with E-state index >= 15 is 0 Å². The molecule has 13 heavy (non-hydrogen) atoms. The summed E-state index contributed by atoms with van der Waals surface area (Å²) in [6.07, 6.45) is 0. The average Bonchev–Trinajstić information content (AvgIpc) is 2.16. The van der Waals surface area contributed by atoms with Gasteiger partial charge in [0.2, 0.25) is 5.88 Å². The van der Waals surface area contributed by atoms with Crippen LogP contribution in [-0.4, -0.2) is 23.9 Å². The van der Waals surface area contributed by atoms with Gasteiger partial charge in [-0.05, 0) is 6.07 Å². The van der Waals surface area contributed by atoms with Crippen LogP contribution < -0.4 is 10.1 Å². The van der Waals surface area contributed by atoms with E-state index in [0.29, 0.717) is 11.1 Å². The van der Waals surface area contributed by atoms with Crippen LogP contribution in [0, 0.1) is 0 Å². The van der Waals surface area contributed by atoms with Crippen molar-refractivity contribution in [2.24, 2.45) is 0 Å². The van der Waals surface area contributed by atoms with Crippen molar-refractivity contribution in [1.82, 2.24) is 4.98 Å². The van der Waals surface area contributed by atoms with Crippen LogP contribution in [0.5, 0.6) is 5.88 Å². The second-order valence-corrected chi connectivity index (χ2v) is 4.44. The van der Waals surface area contributed by atoms with Crippen LogP contribution >= 0.6 is 11.8 Å². The molecule has 1 unspecified atom stereocenters. The van der Waals surface area contributed by atoms with Gasteiger partial charge in [-0.2, -0.15) is 0 Å². The molecule has 1 aromatic heterocycles. The minimum absolute atomic E-state index is 0.576. The summed E-state index contributed by atoms with van der Waals surface area (Å²) in [5.74, 6) is 0.683. The van der Waals surface area contributed by atoms with E-state index in [0.717, 1.165) is 17.3 Å². The number of methoxy groups -OCH3 is 1. The molecule has 0 bridgehead atoms. The Hall–Kier alpha value is -0.900. The molecule has 0 spiro atoms. The van der Waals surface area contributed by atoms with Gasteiger partial charge in [-0.15, -0.1) is 0 Å². The van der Waals surface area contributed by atoms with Crippen molar-refractivity contribution >= 4 is 17.4 Å². The highest BCUT2D eigenvalue weighted by atomic mass is 32.2. The van der Waals surface area contributed by atoms with Crippen LogP contribution in [0.15, 0.2) is 17.2 Å². The third-order valence-electron chi connectivity index (χ3n) is 1.94. The standard InChI is InChI=1S/C9H12N2OS/c1-6-5-10-7-3-4-8(12-2)11-9(7)13-6/h3-4,6,10H,5H2,1-2H3. The first kappa shape index (κ1) is 8.69. The van der Waals surface area contributed by atoms with Crippen LogP contribution in [0.1, 0.15) is 6.92 Å². The molecule has 0 aromatic carbocycles. The van der Waals surface area contributed by atoms with Gasteiger partial charge in [0.1, 0.15) is 5.03 Å². The zero-order chi connectivity index (χ0) is 9.26. The summed E-state index contributed by atoms with van der Waals surface area (Å²) in [6.45, 7) is 3.19. The quantitative estimate of drug-likeness (QED) is 0.745. The summed E-state index contributed by atoms with van der Waals surface area (Å²) in [6, 6.07) is 3.89. The maximum atomic E-state index is 5.06. The number of nitrogens with zero attached hydrogens (tertiary/aromatic N) is 1. The number of nitrogens with one attached hydrogen (secondary N) is 1. The molecule has 0 aliphatic carbocycles. The lowest BCUT2D eigenvalue weighted by Crippen LogP contribution is -2.18. The van der Waals surface area contributed by atoms with Gasteiger partial charge in [-0.1, -0.05) is 18.7 Å². The Kier molecular flexibility index (Phi) is 2.31. The van der Waals surface area contributed by atoms with E-state index in [4.69, 9.17) is 4.74 Å². The van der Waals surface area contributed by atoms with E-state index in [-0.39, 0.29) is 0 Å². The molecule has 1 aliphatic heterocycles. The molecule has 2 rings (SSSR count). The van der Waals surface area contributed by atoms with Gasteiger partial charge in [0.05, 0.1) is 12.8 Å². The highest BCUT2D eigenvalue weighted by Gasteiger charge is 2.16. The molecular weight excluding hydrogens is 184 g/mol. The van der Waals surface area contributed by atoms with Crippen LogP contribution in [0.4, 0.5) is 5.69 Å². The average molecular weight is 196 g/mol. The molecule has 4 heteroatoms. The number of aromatic nitrogens is 1. The molecule has 1 N–H and O–H groups in total. The van der Waals surface area contributed by atoms with Gasteiger partial charge >= 0.3 is 0 Å². The Balaban J connectivity index is 2.32. The third kappa shape index (κ3) is 1.72. The van der Waals surface area contributed by atoms with Crippen molar-refractivity contribution < 1.29 is 4.74 Å². The van der Waals surface area contributed by atoms with Gasteiger partial charge in [-0.25, -0.2) is 4.98 Å². The Morgan fingerprint density at radius 2 is 2.46 bits per heavy atom. The SMILES string of the molecule is COc1ccc2c(n1)SC(C)CN2. The lowest BCUT2D eigenvalue weighted by Gasteiger charge is -2.21. The summed E-state index contributed by atoms with van der Waals surface area (Å²) >= 11 is 1.79. The Labute approximate surface area is 81.9 Å². The lowest BCUT2D eigenvalue weighted by atomic mass is 10.3. The molecule has 0 amide bonds. The molecule has 1 aliphatic rings.